The summed E-state index contributed by atoms with van der Waals surface area (Å²) < 4.78 is 0. The van der Waals surface area contributed by atoms with Crippen molar-refractivity contribution in [1.82, 2.24) is 9.80 Å². The minimum absolute atomic E-state index is 0. The van der Waals surface area contributed by atoms with Crippen LogP contribution in [0.1, 0.15) is 43.2 Å². The van der Waals surface area contributed by atoms with Gasteiger partial charge in [0.2, 0.25) is 0 Å². The van der Waals surface area contributed by atoms with Crippen LogP contribution in [0.3, 0.4) is 0 Å². The van der Waals surface area contributed by atoms with E-state index < -0.39 is 0 Å². The predicted molar refractivity (Wildman–Crippen MR) is 109 cm³/mol. The van der Waals surface area contributed by atoms with E-state index >= 15 is 0 Å². The fourth-order valence-electron chi connectivity index (χ4n) is 3.49. The topological polar surface area (TPSA) is 32.5 Å². The van der Waals surface area contributed by atoms with Crippen molar-refractivity contribution in [3.05, 3.63) is 84.2 Å². The second kappa shape index (κ2) is 16.6. The molecule has 2 N–H and O–H groups in total. The largest absolute Gasteiger partial charge is 2.00 e. The molecule has 6 heteroatoms. The first-order valence-electron chi connectivity index (χ1n) is 9.79. The van der Waals surface area contributed by atoms with Crippen molar-refractivity contribution in [2.75, 3.05) is 6.67 Å². The molecule has 3 nitrogen and oxygen atoms in total. The Morgan fingerprint density at radius 2 is 1.10 bits per heavy atom. The van der Waals surface area contributed by atoms with Gasteiger partial charge in [0.15, 0.2) is 0 Å². The fourth-order valence-corrected chi connectivity index (χ4v) is 3.49. The number of rotatable bonds is 4. The minimum Gasteiger partial charge on any atom is -1.00 e. The molecule has 0 amide bonds. The van der Waals surface area contributed by atoms with E-state index in [1.165, 1.54) is 43.2 Å². The van der Waals surface area contributed by atoms with Crippen molar-refractivity contribution in [2.45, 2.75) is 51.2 Å². The Hall–Kier alpha value is -0.112. The Morgan fingerprint density at radius 1 is 0.690 bits per heavy atom. The number of nitrogens with zero attached hydrogens (tertiary/aromatic N) is 2. The van der Waals surface area contributed by atoms with Gasteiger partial charge < -0.3 is 63.5 Å². The second-order valence-corrected chi connectivity index (χ2v) is 7.30. The quantitative estimate of drug-likeness (QED) is 0.392. The molecule has 2 aromatic rings. The third kappa shape index (κ3) is 11.2. The molecule has 1 saturated carbocycles. The normalized spacial score (nSPS) is 15.3. The van der Waals surface area contributed by atoms with E-state index in [0.29, 0.717) is 6.04 Å². The molecule has 0 atom stereocenters. The van der Waals surface area contributed by atoms with Crippen LogP contribution >= 0.6 is 0 Å². The second-order valence-electron chi connectivity index (χ2n) is 7.30. The molecule has 2 aromatic carbocycles. The average molecular weight is 798 g/mol. The SMILES string of the molecule is C1=CN(Cc2ccccc2)CN1Cc1ccccc1.NC1CCCCC1.[I-].[I-].[Pt+2]. The van der Waals surface area contributed by atoms with E-state index in [1.54, 1.807) is 0 Å². The van der Waals surface area contributed by atoms with Crippen LogP contribution in [0.25, 0.3) is 0 Å². The van der Waals surface area contributed by atoms with Crippen LogP contribution in [0.4, 0.5) is 0 Å². The van der Waals surface area contributed by atoms with Gasteiger partial charge in [-0.3, -0.25) is 0 Å². The fraction of sp³-hybridized carbons (Fsp3) is 0.391. The molecule has 0 saturated heterocycles. The van der Waals surface area contributed by atoms with Crippen molar-refractivity contribution >= 4 is 0 Å². The number of hydrogen-bond acceptors (Lipinski definition) is 3. The van der Waals surface area contributed by atoms with Gasteiger partial charge in [0.1, 0.15) is 0 Å². The molecule has 0 aromatic heterocycles. The molecule has 0 radical (unpaired) electrons. The van der Waals surface area contributed by atoms with Crippen molar-refractivity contribution in [3.63, 3.8) is 0 Å². The van der Waals surface area contributed by atoms with Crippen molar-refractivity contribution in [2.24, 2.45) is 5.73 Å². The zero-order valence-corrected chi connectivity index (χ0v) is 23.3. The molecule has 0 unspecified atom stereocenters. The Bertz CT molecular complexity index is 615. The van der Waals surface area contributed by atoms with E-state index in [2.05, 4.69) is 82.9 Å². The first-order valence-corrected chi connectivity index (χ1v) is 9.79. The molecular weight excluding hydrogens is 767 g/mol. The van der Waals surface area contributed by atoms with E-state index in [-0.39, 0.29) is 69.0 Å². The summed E-state index contributed by atoms with van der Waals surface area (Å²) in [5, 5.41) is 0. The molecule has 1 aliphatic heterocycles. The molecule has 162 valence electrons. The molecule has 29 heavy (non-hydrogen) atoms. The standard InChI is InChI=1S/C17H18N2.C6H13N.2HI.Pt/c1-3-7-16(8-4-1)13-18-11-12-19(15-18)14-17-9-5-2-6-10-17;7-6-4-2-1-3-5-6;;;/h1-12H,13-15H2;6H,1-5,7H2;2*1H;/q;;;;+2/p-2. The summed E-state index contributed by atoms with van der Waals surface area (Å²) in [4.78, 5) is 4.66. The van der Waals surface area contributed by atoms with Crippen LogP contribution < -0.4 is 53.7 Å². The summed E-state index contributed by atoms with van der Waals surface area (Å²) >= 11 is 0. The summed E-state index contributed by atoms with van der Waals surface area (Å²) in [6, 6.07) is 21.7. The first kappa shape index (κ1) is 28.9. The zero-order chi connectivity index (χ0) is 18.0. The Kier molecular flexibility index (Phi) is 16.5. The Morgan fingerprint density at radius 3 is 1.45 bits per heavy atom. The maximum absolute atomic E-state index is 5.63. The van der Waals surface area contributed by atoms with Gasteiger partial charge in [0.25, 0.3) is 0 Å². The number of nitrogens with two attached hydrogens (primary N) is 1. The summed E-state index contributed by atoms with van der Waals surface area (Å²) in [6.45, 7) is 2.91. The third-order valence-electron chi connectivity index (χ3n) is 4.96. The van der Waals surface area contributed by atoms with Gasteiger partial charge in [-0.1, -0.05) is 79.9 Å². The third-order valence-corrected chi connectivity index (χ3v) is 4.96. The average Bonchev–Trinajstić information content (AvgIpc) is 3.11. The van der Waals surface area contributed by atoms with Crippen LogP contribution in [-0.2, 0) is 34.2 Å². The van der Waals surface area contributed by atoms with Crippen LogP contribution in [-0.4, -0.2) is 22.5 Å². The van der Waals surface area contributed by atoms with Crippen LogP contribution in [0.15, 0.2) is 73.1 Å². The molecule has 0 spiro atoms. The van der Waals surface area contributed by atoms with Gasteiger partial charge in [0.05, 0.1) is 6.67 Å². The van der Waals surface area contributed by atoms with Crippen molar-refractivity contribution < 1.29 is 69.0 Å². The number of halogens is 2. The summed E-state index contributed by atoms with van der Waals surface area (Å²) in [5.41, 5.74) is 8.35. The number of benzene rings is 2. The minimum atomic E-state index is 0. The van der Waals surface area contributed by atoms with Crippen molar-refractivity contribution in [3.8, 4) is 0 Å². The van der Waals surface area contributed by atoms with Gasteiger partial charge in [-0.05, 0) is 24.0 Å². The molecule has 0 bridgehead atoms. The molecular formula is C23H31I2N3Pt. The molecule has 1 heterocycles. The van der Waals surface area contributed by atoms with Crippen molar-refractivity contribution in [1.29, 1.82) is 0 Å². The van der Waals surface area contributed by atoms with E-state index in [1.807, 2.05) is 0 Å². The predicted octanol–water partition coefficient (Wildman–Crippen LogP) is -1.28. The van der Waals surface area contributed by atoms with Gasteiger partial charge in [-0.25, -0.2) is 0 Å². The number of hydrogen-bond donors (Lipinski definition) is 1. The van der Waals surface area contributed by atoms with Gasteiger partial charge in [-0.15, -0.1) is 0 Å². The first-order chi connectivity index (χ1) is 12.8. The summed E-state index contributed by atoms with van der Waals surface area (Å²) in [5.74, 6) is 0. The maximum atomic E-state index is 5.63. The molecule has 1 fully saturated rings. The monoisotopic (exact) mass is 798 g/mol. The summed E-state index contributed by atoms with van der Waals surface area (Å²) in [6.07, 6.45) is 11.0. The summed E-state index contributed by atoms with van der Waals surface area (Å²) in [7, 11) is 0. The Balaban J connectivity index is 0.000000677. The van der Waals surface area contributed by atoms with E-state index in [4.69, 9.17) is 5.73 Å². The van der Waals surface area contributed by atoms with Crippen LogP contribution in [0.5, 0.6) is 0 Å². The molecule has 4 rings (SSSR count). The maximum Gasteiger partial charge on any atom is 2.00 e. The molecule has 2 aliphatic rings. The molecule has 1 aliphatic carbocycles. The van der Waals surface area contributed by atoms with Gasteiger partial charge in [0, 0.05) is 31.5 Å². The Labute approximate surface area is 224 Å². The van der Waals surface area contributed by atoms with Crippen LogP contribution in [0.2, 0.25) is 0 Å². The van der Waals surface area contributed by atoms with E-state index in [0.717, 1.165) is 19.8 Å². The van der Waals surface area contributed by atoms with Crippen LogP contribution in [0, 0.1) is 0 Å². The zero-order valence-electron chi connectivity index (χ0n) is 16.7. The van der Waals surface area contributed by atoms with Gasteiger partial charge in [-0.2, -0.15) is 0 Å². The van der Waals surface area contributed by atoms with E-state index in [9.17, 15) is 0 Å². The van der Waals surface area contributed by atoms with Gasteiger partial charge >= 0.3 is 21.1 Å². The smallest absolute Gasteiger partial charge is 1.00 e.